The van der Waals surface area contributed by atoms with E-state index in [1.54, 1.807) is 6.20 Å². The zero-order valence-corrected chi connectivity index (χ0v) is 13.5. The van der Waals surface area contributed by atoms with E-state index in [-0.39, 0.29) is 17.0 Å². The number of hydrogen-bond donors (Lipinski definition) is 2. The molecular weight excluding hydrogens is 322 g/mol. The average molecular weight is 339 g/mol. The number of esters is 1. The van der Waals surface area contributed by atoms with Gasteiger partial charge >= 0.3 is 12.0 Å². The van der Waals surface area contributed by atoms with Gasteiger partial charge in [-0.3, -0.25) is 0 Å². The third kappa shape index (κ3) is 3.62. The van der Waals surface area contributed by atoms with Crippen molar-refractivity contribution in [3.05, 3.63) is 41.6 Å². The summed E-state index contributed by atoms with van der Waals surface area (Å²) >= 11 is 0. The number of ether oxygens (including phenoxy) is 1. The second-order valence-electron chi connectivity index (χ2n) is 4.77. The average Bonchev–Trinajstić information content (AvgIpc) is 3.03. The topological polar surface area (TPSA) is 105 Å². The molecule has 0 bridgehead atoms. The monoisotopic (exact) mass is 339 g/mol. The molecule has 1 aliphatic heterocycles. The summed E-state index contributed by atoms with van der Waals surface area (Å²) in [6.45, 7) is 2.22. The Morgan fingerprint density at radius 3 is 2.65 bits per heavy atom. The van der Waals surface area contributed by atoms with Crippen LogP contribution in [0.3, 0.4) is 0 Å². The highest BCUT2D eigenvalue weighted by Crippen LogP contribution is 2.17. The lowest BCUT2D eigenvalue weighted by Crippen LogP contribution is -2.46. The molecule has 2 rings (SSSR count). The SMILES string of the molecule is CCC1=CNN(C(=O)NS(=O)(=O)c2ccccc2C(=O)OC)C1. The number of nitrogens with zero attached hydrogens (tertiary/aromatic N) is 1. The van der Waals surface area contributed by atoms with Crippen molar-refractivity contribution in [2.75, 3.05) is 13.7 Å². The Hall–Kier alpha value is -2.55. The fraction of sp³-hybridized carbons (Fsp3) is 0.286. The van der Waals surface area contributed by atoms with E-state index in [1.165, 1.54) is 24.3 Å². The molecule has 8 nitrogen and oxygen atoms in total. The maximum absolute atomic E-state index is 12.4. The van der Waals surface area contributed by atoms with Gasteiger partial charge in [0, 0.05) is 6.20 Å². The number of amides is 2. The number of carbonyl (C=O) groups excluding carboxylic acids is 2. The van der Waals surface area contributed by atoms with Gasteiger partial charge in [0.15, 0.2) is 0 Å². The number of hydrogen-bond acceptors (Lipinski definition) is 6. The lowest BCUT2D eigenvalue weighted by molar-refractivity contribution is 0.0596. The Morgan fingerprint density at radius 1 is 1.35 bits per heavy atom. The largest absolute Gasteiger partial charge is 0.465 e. The second kappa shape index (κ2) is 6.69. The maximum atomic E-state index is 12.4. The predicted octanol–water partition coefficient (Wildman–Crippen LogP) is 0.986. The Morgan fingerprint density at radius 2 is 2.04 bits per heavy atom. The molecule has 0 unspecified atom stereocenters. The van der Waals surface area contributed by atoms with E-state index < -0.39 is 22.0 Å². The first-order chi connectivity index (χ1) is 10.9. The van der Waals surface area contributed by atoms with Crippen LogP contribution in [0.25, 0.3) is 0 Å². The smallest absolute Gasteiger partial charge is 0.350 e. The first-order valence-electron chi connectivity index (χ1n) is 6.84. The van der Waals surface area contributed by atoms with Crippen molar-refractivity contribution in [2.24, 2.45) is 0 Å². The number of urea groups is 1. The van der Waals surface area contributed by atoms with Crippen molar-refractivity contribution in [1.82, 2.24) is 15.2 Å². The van der Waals surface area contributed by atoms with Crippen LogP contribution in [0.2, 0.25) is 0 Å². The van der Waals surface area contributed by atoms with E-state index >= 15 is 0 Å². The quantitative estimate of drug-likeness (QED) is 0.793. The van der Waals surface area contributed by atoms with E-state index in [1.807, 2.05) is 11.6 Å². The minimum absolute atomic E-state index is 0.142. The highest BCUT2D eigenvalue weighted by molar-refractivity contribution is 7.90. The summed E-state index contributed by atoms with van der Waals surface area (Å²) < 4.78 is 31.3. The number of methoxy groups -OCH3 is 1. The molecule has 1 aromatic rings. The molecule has 1 heterocycles. The predicted molar refractivity (Wildman–Crippen MR) is 81.7 cm³/mol. The molecule has 2 N–H and O–H groups in total. The molecule has 0 spiro atoms. The van der Waals surface area contributed by atoms with Crippen LogP contribution in [-0.2, 0) is 14.8 Å². The van der Waals surface area contributed by atoms with Crippen molar-refractivity contribution < 1.29 is 22.7 Å². The molecule has 1 aliphatic rings. The van der Waals surface area contributed by atoms with Crippen LogP contribution >= 0.6 is 0 Å². The summed E-state index contributed by atoms with van der Waals surface area (Å²) in [6.07, 6.45) is 2.39. The second-order valence-corrected chi connectivity index (χ2v) is 6.42. The van der Waals surface area contributed by atoms with Crippen molar-refractivity contribution in [3.8, 4) is 0 Å². The summed E-state index contributed by atoms with van der Waals surface area (Å²) in [5.74, 6) is -0.798. The number of benzene rings is 1. The fourth-order valence-electron chi connectivity index (χ4n) is 2.01. The Labute approximate surface area is 134 Å². The molecule has 1 aromatic carbocycles. The van der Waals surface area contributed by atoms with Crippen molar-refractivity contribution in [3.63, 3.8) is 0 Å². The highest BCUT2D eigenvalue weighted by atomic mass is 32.2. The summed E-state index contributed by atoms with van der Waals surface area (Å²) in [5.41, 5.74) is 3.51. The van der Waals surface area contributed by atoms with Crippen LogP contribution in [0.4, 0.5) is 4.79 Å². The zero-order chi connectivity index (χ0) is 17.0. The van der Waals surface area contributed by atoms with Gasteiger partial charge in [0.2, 0.25) is 0 Å². The molecule has 0 aromatic heterocycles. The van der Waals surface area contributed by atoms with Gasteiger partial charge in [-0.2, -0.15) is 0 Å². The number of hydrazine groups is 1. The van der Waals surface area contributed by atoms with Gasteiger partial charge in [0.25, 0.3) is 10.0 Å². The van der Waals surface area contributed by atoms with E-state index in [0.29, 0.717) is 0 Å². The van der Waals surface area contributed by atoms with Crippen LogP contribution in [-0.4, -0.2) is 39.1 Å². The Balaban J connectivity index is 2.20. The molecule has 0 saturated carbocycles. The van der Waals surface area contributed by atoms with Gasteiger partial charge in [0.1, 0.15) is 4.90 Å². The first kappa shape index (κ1) is 16.8. The number of carbonyl (C=O) groups is 2. The third-order valence-electron chi connectivity index (χ3n) is 3.29. The molecule has 0 aliphatic carbocycles. The summed E-state index contributed by atoms with van der Waals surface area (Å²) in [6, 6.07) is 4.68. The first-order valence-corrected chi connectivity index (χ1v) is 8.33. The van der Waals surface area contributed by atoms with E-state index in [4.69, 9.17) is 0 Å². The van der Waals surface area contributed by atoms with E-state index in [9.17, 15) is 18.0 Å². The summed E-state index contributed by atoms with van der Waals surface area (Å²) in [5, 5.41) is 1.14. The lowest BCUT2D eigenvalue weighted by atomic mass is 10.2. The van der Waals surface area contributed by atoms with Gasteiger partial charge in [-0.1, -0.05) is 19.1 Å². The van der Waals surface area contributed by atoms with Crippen LogP contribution in [0, 0.1) is 0 Å². The van der Waals surface area contributed by atoms with Crippen molar-refractivity contribution in [1.29, 1.82) is 0 Å². The van der Waals surface area contributed by atoms with E-state index in [0.717, 1.165) is 24.1 Å². The number of rotatable bonds is 4. The molecule has 23 heavy (non-hydrogen) atoms. The zero-order valence-electron chi connectivity index (χ0n) is 12.7. The molecule has 0 fully saturated rings. The number of nitrogens with one attached hydrogen (secondary N) is 2. The molecule has 0 radical (unpaired) electrons. The Bertz CT molecular complexity index is 757. The molecule has 0 saturated heterocycles. The molecule has 2 amide bonds. The van der Waals surface area contributed by atoms with E-state index in [2.05, 4.69) is 10.2 Å². The highest BCUT2D eigenvalue weighted by Gasteiger charge is 2.28. The lowest BCUT2D eigenvalue weighted by Gasteiger charge is -2.18. The van der Waals surface area contributed by atoms with Crippen molar-refractivity contribution in [2.45, 2.75) is 18.2 Å². The van der Waals surface area contributed by atoms with Crippen LogP contribution in [0.5, 0.6) is 0 Å². The molecule has 9 heteroatoms. The Kier molecular flexibility index (Phi) is 4.89. The van der Waals surface area contributed by atoms with Crippen LogP contribution in [0.15, 0.2) is 40.9 Å². The minimum atomic E-state index is -4.21. The van der Waals surface area contributed by atoms with Crippen LogP contribution in [0.1, 0.15) is 23.7 Å². The van der Waals surface area contributed by atoms with Gasteiger partial charge in [-0.25, -0.2) is 27.7 Å². The van der Waals surface area contributed by atoms with Crippen LogP contribution < -0.4 is 10.1 Å². The van der Waals surface area contributed by atoms with Gasteiger partial charge < -0.3 is 10.2 Å². The van der Waals surface area contributed by atoms with Gasteiger partial charge in [-0.15, -0.1) is 0 Å². The maximum Gasteiger partial charge on any atom is 0.350 e. The normalized spacial score (nSPS) is 14.0. The minimum Gasteiger partial charge on any atom is -0.465 e. The summed E-state index contributed by atoms with van der Waals surface area (Å²) in [7, 11) is -3.06. The third-order valence-corrected chi connectivity index (χ3v) is 4.67. The molecule has 0 atom stereocenters. The summed E-state index contributed by atoms with van der Waals surface area (Å²) in [4.78, 5) is 23.4. The standard InChI is InChI=1S/C14H17N3O5S/c1-3-10-8-15-17(9-10)14(19)16-23(20,21)12-7-5-4-6-11(12)13(18)22-2/h4-8,15H,3,9H2,1-2H3,(H,16,19). The van der Waals surface area contributed by atoms with Crippen molar-refractivity contribution >= 4 is 22.0 Å². The molecule has 124 valence electrons. The molecular formula is C14H17N3O5S. The van der Waals surface area contributed by atoms with Gasteiger partial charge in [-0.05, 0) is 24.1 Å². The number of sulfonamides is 1. The van der Waals surface area contributed by atoms with Gasteiger partial charge in [0.05, 0.1) is 19.2 Å². The fourth-order valence-corrected chi connectivity index (χ4v) is 3.16.